The molecule has 13 heteroatoms. The van der Waals surface area contributed by atoms with E-state index in [0.717, 1.165) is 16.5 Å². The third kappa shape index (κ3) is 8.89. The Morgan fingerprint density at radius 1 is 0.972 bits per heavy atom. The van der Waals surface area contributed by atoms with Gasteiger partial charge >= 0.3 is 11.9 Å². The largest absolute Gasteiger partial charge is 0.481 e. The van der Waals surface area contributed by atoms with Gasteiger partial charge in [-0.25, -0.2) is 0 Å². The normalized spacial score (nSPS) is 13.4. The maximum absolute atomic E-state index is 13.3. The average Bonchev–Trinajstić information content (AvgIpc) is 3.25. The number of benzene rings is 1. The summed E-state index contributed by atoms with van der Waals surface area (Å²) in [7, 11) is 0. The number of aromatic nitrogens is 1. The van der Waals surface area contributed by atoms with Gasteiger partial charge < -0.3 is 36.9 Å². The summed E-state index contributed by atoms with van der Waals surface area (Å²) in [6.07, 6.45) is 3.35. The summed E-state index contributed by atoms with van der Waals surface area (Å²) in [6.45, 7) is -0.696. The molecule has 1 aromatic heterocycles. The van der Waals surface area contributed by atoms with Crippen LogP contribution in [0.1, 0.15) is 24.8 Å². The highest BCUT2D eigenvalue weighted by atomic mass is 32.2. The summed E-state index contributed by atoms with van der Waals surface area (Å²) < 4.78 is 0. The van der Waals surface area contributed by atoms with Crippen LogP contribution in [0.15, 0.2) is 30.5 Å². The number of rotatable bonds is 15. The number of aliphatic carboxylic acids is 2. The molecule has 12 nitrogen and oxygen atoms in total. The first-order chi connectivity index (χ1) is 17.1. The predicted molar refractivity (Wildman–Crippen MR) is 134 cm³/mol. The van der Waals surface area contributed by atoms with Crippen molar-refractivity contribution in [2.75, 3.05) is 18.6 Å². The van der Waals surface area contributed by atoms with Crippen LogP contribution < -0.4 is 21.7 Å². The number of carboxylic acids is 2. The molecule has 2 aromatic rings. The molecule has 0 bridgehead atoms. The third-order valence-electron chi connectivity index (χ3n) is 5.40. The van der Waals surface area contributed by atoms with E-state index in [9.17, 15) is 24.0 Å². The van der Waals surface area contributed by atoms with Crippen LogP contribution in [0.2, 0.25) is 0 Å². The number of amides is 3. The molecule has 2 rings (SSSR count). The summed E-state index contributed by atoms with van der Waals surface area (Å²) >= 11 is 1.53. The Bertz CT molecular complexity index is 1090. The molecular formula is C23H31N5O7S. The van der Waals surface area contributed by atoms with E-state index in [0.29, 0.717) is 12.2 Å². The maximum atomic E-state index is 13.3. The van der Waals surface area contributed by atoms with Gasteiger partial charge in [0, 0.05) is 29.9 Å². The zero-order chi connectivity index (χ0) is 26.7. The number of carbonyl (C=O) groups is 5. The van der Waals surface area contributed by atoms with Gasteiger partial charge in [0.05, 0.1) is 6.04 Å². The van der Waals surface area contributed by atoms with Crippen molar-refractivity contribution in [3.8, 4) is 0 Å². The smallest absolute Gasteiger partial charge is 0.322 e. The molecular weight excluding hydrogens is 490 g/mol. The van der Waals surface area contributed by atoms with Crippen LogP contribution in [0.4, 0.5) is 0 Å². The summed E-state index contributed by atoms with van der Waals surface area (Å²) in [4.78, 5) is 63.4. The number of nitrogens with one attached hydrogen (secondary N) is 4. The molecule has 8 N–H and O–H groups in total. The van der Waals surface area contributed by atoms with E-state index in [1.807, 2.05) is 30.5 Å². The van der Waals surface area contributed by atoms with E-state index < -0.39 is 60.8 Å². The van der Waals surface area contributed by atoms with Gasteiger partial charge in [0.1, 0.15) is 18.6 Å². The Morgan fingerprint density at radius 3 is 2.33 bits per heavy atom. The summed E-state index contributed by atoms with van der Waals surface area (Å²) in [5.41, 5.74) is 7.54. The van der Waals surface area contributed by atoms with Crippen molar-refractivity contribution in [3.63, 3.8) is 0 Å². The standard InChI is InChI=1S/C23H31N5O7S/c1-36-9-8-15(24)21(33)28-18(10-13-11-25-16-5-3-2-4-14(13)16)23(35)27-17(6-7-19(29)30)22(34)26-12-20(31)32/h2-5,11,15,17-18,25H,6-10,12,24H2,1H3,(H,26,34)(H,27,35)(H,28,33)(H,29,30)(H,31,32). The number of para-hydroxylation sites is 1. The molecule has 0 saturated carbocycles. The molecule has 3 unspecified atom stereocenters. The SMILES string of the molecule is CSCCC(N)C(=O)NC(Cc1c[nH]c2ccccc12)C(=O)NC(CCC(=O)O)C(=O)NCC(=O)O. The Kier molecular flexibility index (Phi) is 11.2. The molecule has 3 atom stereocenters. The number of carboxylic acid groups (broad SMARTS) is 2. The number of fused-ring (bicyclic) bond motifs is 1. The van der Waals surface area contributed by atoms with Crippen molar-refractivity contribution in [2.24, 2.45) is 5.73 Å². The summed E-state index contributed by atoms with van der Waals surface area (Å²) in [5, 5.41) is 25.9. The zero-order valence-corrected chi connectivity index (χ0v) is 20.6. The van der Waals surface area contributed by atoms with Crippen molar-refractivity contribution >= 4 is 52.3 Å². The number of thioether (sulfide) groups is 1. The molecule has 0 aliphatic rings. The molecule has 0 saturated heterocycles. The van der Waals surface area contributed by atoms with E-state index in [1.54, 1.807) is 6.20 Å². The van der Waals surface area contributed by atoms with Crippen LogP contribution in [0.5, 0.6) is 0 Å². The van der Waals surface area contributed by atoms with Crippen LogP contribution >= 0.6 is 11.8 Å². The fraction of sp³-hybridized carbons (Fsp3) is 0.435. The van der Waals surface area contributed by atoms with Crippen molar-refractivity contribution in [1.29, 1.82) is 0 Å². The topological polar surface area (TPSA) is 204 Å². The monoisotopic (exact) mass is 521 g/mol. The number of H-pyrrole nitrogens is 1. The summed E-state index contributed by atoms with van der Waals surface area (Å²) in [6, 6.07) is 4.11. The van der Waals surface area contributed by atoms with Crippen molar-refractivity contribution in [3.05, 3.63) is 36.0 Å². The van der Waals surface area contributed by atoms with Gasteiger partial charge in [0.15, 0.2) is 0 Å². The van der Waals surface area contributed by atoms with Gasteiger partial charge in [0.25, 0.3) is 0 Å². The number of nitrogens with two attached hydrogens (primary N) is 1. The van der Waals surface area contributed by atoms with Gasteiger partial charge in [0.2, 0.25) is 17.7 Å². The Hall–Kier alpha value is -3.58. The minimum absolute atomic E-state index is 0.0687. The molecule has 196 valence electrons. The lowest BCUT2D eigenvalue weighted by atomic mass is 10.0. The van der Waals surface area contributed by atoms with Gasteiger partial charge in [-0.1, -0.05) is 18.2 Å². The molecule has 0 radical (unpaired) electrons. The van der Waals surface area contributed by atoms with Crippen LogP contribution in [-0.4, -0.2) is 81.5 Å². The molecule has 3 amide bonds. The van der Waals surface area contributed by atoms with E-state index in [2.05, 4.69) is 20.9 Å². The number of carbonyl (C=O) groups excluding carboxylic acids is 3. The number of hydrogen-bond donors (Lipinski definition) is 7. The molecule has 0 aliphatic carbocycles. The first-order valence-electron chi connectivity index (χ1n) is 11.2. The van der Waals surface area contributed by atoms with Crippen LogP contribution in [-0.2, 0) is 30.4 Å². The van der Waals surface area contributed by atoms with Crippen molar-refractivity contribution in [1.82, 2.24) is 20.9 Å². The van der Waals surface area contributed by atoms with Crippen LogP contribution in [0, 0.1) is 0 Å². The van der Waals surface area contributed by atoms with Gasteiger partial charge in [-0.05, 0) is 36.5 Å². The van der Waals surface area contributed by atoms with Gasteiger partial charge in [-0.2, -0.15) is 11.8 Å². The highest BCUT2D eigenvalue weighted by Gasteiger charge is 2.29. The van der Waals surface area contributed by atoms with Gasteiger partial charge in [-0.3, -0.25) is 24.0 Å². The van der Waals surface area contributed by atoms with Crippen molar-refractivity contribution in [2.45, 2.75) is 43.8 Å². The van der Waals surface area contributed by atoms with E-state index >= 15 is 0 Å². The maximum Gasteiger partial charge on any atom is 0.322 e. The highest BCUT2D eigenvalue weighted by molar-refractivity contribution is 7.98. The van der Waals surface area contributed by atoms with Gasteiger partial charge in [-0.15, -0.1) is 0 Å². The lowest BCUT2D eigenvalue weighted by Crippen LogP contribution is -2.56. The van der Waals surface area contributed by atoms with E-state index in [4.69, 9.17) is 15.9 Å². The second-order valence-corrected chi connectivity index (χ2v) is 9.10. The predicted octanol–water partition coefficient (Wildman–Crippen LogP) is -0.174. The Morgan fingerprint density at radius 2 is 1.67 bits per heavy atom. The minimum atomic E-state index is -1.32. The molecule has 0 fully saturated rings. The number of hydrogen-bond acceptors (Lipinski definition) is 7. The fourth-order valence-electron chi connectivity index (χ4n) is 3.48. The van der Waals surface area contributed by atoms with Crippen LogP contribution in [0.3, 0.4) is 0 Å². The van der Waals surface area contributed by atoms with E-state index in [-0.39, 0.29) is 12.8 Å². The second-order valence-electron chi connectivity index (χ2n) is 8.12. The third-order valence-corrected chi connectivity index (χ3v) is 6.04. The van der Waals surface area contributed by atoms with E-state index in [1.165, 1.54) is 11.8 Å². The zero-order valence-electron chi connectivity index (χ0n) is 19.8. The van der Waals surface area contributed by atoms with Crippen LogP contribution in [0.25, 0.3) is 10.9 Å². The fourth-order valence-corrected chi connectivity index (χ4v) is 3.97. The summed E-state index contributed by atoms with van der Waals surface area (Å²) in [5.74, 6) is -3.96. The molecule has 1 heterocycles. The quantitative estimate of drug-likeness (QED) is 0.166. The van der Waals surface area contributed by atoms with Crippen molar-refractivity contribution < 1.29 is 34.2 Å². The average molecular weight is 522 g/mol. The molecule has 0 aliphatic heterocycles. The first kappa shape index (κ1) is 28.7. The minimum Gasteiger partial charge on any atom is -0.481 e. The first-order valence-corrected chi connectivity index (χ1v) is 12.6. The Labute approximate surface area is 211 Å². The molecule has 0 spiro atoms. The Balaban J connectivity index is 2.25. The highest BCUT2D eigenvalue weighted by Crippen LogP contribution is 2.19. The lowest BCUT2D eigenvalue weighted by Gasteiger charge is -2.24. The molecule has 36 heavy (non-hydrogen) atoms. The molecule has 1 aromatic carbocycles. The number of aromatic amines is 1. The second kappa shape index (κ2) is 14.1. The lowest BCUT2D eigenvalue weighted by molar-refractivity contribution is -0.140.